The van der Waals surface area contributed by atoms with Gasteiger partial charge in [-0.2, -0.15) is 0 Å². The number of hydrogen-bond donors (Lipinski definition) is 1. The van der Waals surface area contributed by atoms with Crippen LogP contribution >= 0.6 is 0 Å². The van der Waals surface area contributed by atoms with Crippen LogP contribution in [-0.4, -0.2) is 36.0 Å². The van der Waals surface area contributed by atoms with Gasteiger partial charge in [-0.05, 0) is 57.4 Å². The smallest absolute Gasteiger partial charge is 0.333 e. The summed E-state index contributed by atoms with van der Waals surface area (Å²) in [6, 6.07) is 0. The highest BCUT2D eigenvalue weighted by molar-refractivity contribution is 5.88. The summed E-state index contributed by atoms with van der Waals surface area (Å²) >= 11 is 0. The van der Waals surface area contributed by atoms with Gasteiger partial charge in [0.15, 0.2) is 0 Å². The van der Waals surface area contributed by atoms with Crippen molar-refractivity contribution in [2.45, 2.75) is 64.6 Å². The van der Waals surface area contributed by atoms with Crippen LogP contribution in [-0.2, 0) is 24.0 Å². The van der Waals surface area contributed by atoms with E-state index in [1.165, 1.54) is 7.11 Å². The van der Waals surface area contributed by atoms with E-state index in [0.29, 0.717) is 36.0 Å². The van der Waals surface area contributed by atoms with Gasteiger partial charge in [-0.25, -0.2) is 14.5 Å². The zero-order valence-electron chi connectivity index (χ0n) is 16.7. The first-order valence-corrected chi connectivity index (χ1v) is 9.28. The first-order valence-electron chi connectivity index (χ1n) is 9.28. The van der Waals surface area contributed by atoms with Crippen molar-refractivity contribution < 1.29 is 29.2 Å². The summed E-state index contributed by atoms with van der Waals surface area (Å²) in [4.78, 5) is 29.2. The van der Waals surface area contributed by atoms with Gasteiger partial charge in [0.2, 0.25) is 0 Å². The van der Waals surface area contributed by atoms with E-state index in [0.717, 1.165) is 12.8 Å². The number of carbonyl (C=O) groups excluding carboxylic acids is 2. The molecule has 0 aromatic heterocycles. The van der Waals surface area contributed by atoms with Crippen LogP contribution in [0.1, 0.15) is 52.9 Å². The molecule has 4 unspecified atom stereocenters. The van der Waals surface area contributed by atoms with Crippen LogP contribution in [0.15, 0.2) is 36.0 Å². The number of hydrogen-bond acceptors (Lipinski definition) is 6. The third-order valence-corrected chi connectivity index (χ3v) is 6.52. The molecule has 150 valence electrons. The van der Waals surface area contributed by atoms with Crippen LogP contribution < -0.4 is 0 Å². The average Bonchev–Trinajstić information content (AvgIpc) is 2.68. The van der Waals surface area contributed by atoms with Gasteiger partial charge < -0.3 is 9.47 Å². The topological polar surface area (TPSA) is 82.1 Å². The van der Waals surface area contributed by atoms with E-state index >= 15 is 0 Å². The van der Waals surface area contributed by atoms with E-state index in [9.17, 15) is 14.8 Å². The zero-order valence-corrected chi connectivity index (χ0v) is 16.7. The molecule has 0 radical (unpaired) electrons. The van der Waals surface area contributed by atoms with Crippen LogP contribution in [0.3, 0.4) is 0 Å². The maximum absolute atomic E-state index is 12.2. The number of esters is 2. The Kier molecular flexibility index (Phi) is 6.32. The Bertz CT molecular complexity index is 678. The fourth-order valence-corrected chi connectivity index (χ4v) is 4.39. The number of carbonyl (C=O) groups is 2. The highest BCUT2D eigenvalue weighted by Gasteiger charge is 2.60. The van der Waals surface area contributed by atoms with Crippen LogP contribution in [0.4, 0.5) is 0 Å². The maximum atomic E-state index is 12.2. The third kappa shape index (κ3) is 3.60. The minimum absolute atomic E-state index is 0.207. The average molecular weight is 378 g/mol. The molecule has 2 aliphatic carbocycles. The molecule has 4 atom stereocenters. The quantitative estimate of drug-likeness (QED) is 0.256. The van der Waals surface area contributed by atoms with Crippen molar-refractivity contribution in [3.8, 4) is 0 Å². The van der Waals surface area contributed by atoms with Gasteiger partial charge in [0.25, 0.3) is 0 Å². The van der Waals surface area contributed by atoms with Gasteiger partial charge in [-0.15, -0.1) is 0 Å². The molecule has 0 saturated heterocycles. The normalized spacial score (nSPS) is 33.8. The summed E-state index contributed by atoms with van der Waals surface area (Å²) in [5.74, 6) is -1.09. The molecule has 27 heavy (non-hydrogen) atoms. The fourth-order valence-electron chi connectivity index (χ4n) is 4.39. The van der Waals surface area contributed by atoms with E-state index in [1.54, 1.807) is 19.9 Å². The van der Waals surface area contributed by atoms with Crippen LogP contribution in [0.5, 0.6) is 0 Å². The van der Waals surface area contributed by atoms with Crippen molar-refractivity contribution in [3.63, 3.8) is 0 Å². The van der Waals surface area contributed by atoms with E-state index in [4.69, 9.17) is 14.4 Å². The lowest BCUT2D eigenvalue weighted by atomic mass is 9.52. The first kappa shape index (κ1) is 21.4. The Balaban J connectivity index is 2.31. The predicted molar refractivity (Wildman–Crippen MR) is 101 cm³/mol. The van der Waals surface area contributed by atoms with Crippen molar-refractivity contribution in [2.24, 2.45) is 11.3 Å². The second-order valence-electron chi connectivity index (χ2n) is 7.87. The molecule has 6 heteroatoms. The monoisotopic (exact) mass is 378 g/mol. The van der Waals surface area contributed by atoms with Crippen molar-refractivity contribution >= 4 is 11.9 Å². The number of allylic oxidation sites excluding steroid dienone is 1. The lowest BCUT2D eigenvalue weighted by molar-refractivity contribution is -0.357. The zero-order chi connectivity index (χ0) is 20.4. The lowest BCUT2D eigenvalue weighted by Gasteiger charge is -2.56. The van der Waals surface area contributed by atoms with Gasteiger partial charge in [0.1, 0.15) is 11.7 Å². The molecule has 2 saturated carbocycles. The molecule has 0 aromatic carbocycles. The Hall–Kier alpha value is -1.92. The van der Waals surface area contributed by atoms with Gasteiger partial charge in [0.05, 0.1) is 7.11 Å². The van der Waals surface area contributed by atoms with Gasteiger partial charge in [0, 0.05) is 16.6 Å². The summed E-state index contributed by atoms with van der Waals surface area (Å²) in [7, 11) is 1.32. The van der Waals surface area contributed by atoms with Gasteiger partial charge >= 0.3 is 11.9 Å². The third-order valence-electron chi connectivity index (χ3n) is 6.52. The van der Waals surface area contributed by atoms with E-state index in [-0.39, 0.29) is 11.3 Å². The molecule has 2 rings (SSSR count). The Morgan fingerprint density at radius 1 is 1.26 bits per heavy atom. The fraction of sp³-hybridized carbons (Fsp3) is 0.619. The second-order valence-corrected chi connectivity index (χ2v) is 7.87. The molecule has 1 N–H and O–H groups in total. The first-order chi connectivity index (χ1) is 12.7. The molecule has 0 spiro atoms. The summed E-state index contributed by atoms with van der Waals surface area (Å²) in [6.07, 6.45) is 4.25. The van der Waals surface area contributed by atoms with Crippen LogP contribution in [0, 0.1) is 11.3 Å². The Labute approximate surface area is 160 Å². The number of methoxy groups -OCH3 is 1. The van der Waals surface area contributed by atoms with Crippen molar-refractivity contribution in [3.05, 3.63) is 36.0 Å². The minimum atomic E-state index is -1.11. The maximum Gasteiger partial charge on any atom is 0.333 e. The van der Waals surface area contributed by atoms with Crippen molar-refractivity contribution in [2.75, 3.05) is 7.11 Å². The summed E-state index contributed by atoms with van der Waals surface area (Å²) in [5, 5.41) is 9.96. The molecule has 0 aromatic rings. The van der Waals surface area contributed by atoms with Gasteiger partial charge in [-0.1, -0.05) is 26.2 Å². The molecule has 2 fully saturated rings. The largest absolute Gasteiger partial charge is 0.466 e. The standard InChI is InChI=1S/C21H30O6/c1-7-13(2)18(22)26-17-9-11-20(5)10-8-16(14(3)19(23)25-6)12-21(20,27-24)15(17)4/h7,16-17,24H,3-4,8-12H2,1-2,5-6H3. The van der Waals surface area contributed by atoms with Crippen molar-refractivity contribution in [1.29, 1.82) is 0 Å². The van der Waals surface area contributed by atoms with Gasteiger partial charge in [-0.3, -0.25) is 5.26 Å². The van der Waals surface area contributed by atoms with E-state index in [1.807, 2.05) is 6.92 Å². The van der Waals surface area contributed by atoms with Crippen LogP contribution in [0.25, 0.3) is 0 Å². The molecule has 0 bridgehead atoms. The molecule has 0 aliphatic heterocycles. The highest BCUT2D eigenvalue weighted by atomic mass is 17.1. The Morgan fingerprint density at radius 3 is 2.44 bits per heavy atom. The van der Waals surface area contributed by atoms with E-state index < -0.39 is 23.6 Å². The number of rotatable bonds is 5. The van der Waals surface area contributed by atoms with Crippen LogP contribution in [0.2, 0.25) is 0 Å². The molecular formula is C21H30O6. The van der Waals surface area contributed by atoms with Crippen molar-refractivity contribution in [1.82, 2.24) is 0 Å². The summed E-state index contributed by atoms with van der Waals surface area (Å²) in [5.41, 5.74) is -0.0915. The summed E-state index contributed by atoms with van der Waals surface area (Å²) < 4.78 is 10.4. The lowest BCUT2D eigenvalue weighted by Crippen LogP contribution is -2.59. The second kappa shape index (κ2) is 7.98. The SMILES string of the molecule is C=C(C(=O)OC)C1CCC2(C)CCC(OC(=O)C(C)=CC)C(=C)C2(OO)C1. The molecule has 0 amide bonds. The van der Waals surface area contributed by atoms with E-state index in [2.05, 4.69) is 13.2 Å². The highest BCUT2D eigenvalue weighted by Crippen LogP contribution is 2.59. The minimum Gasteiger partial charge on any atom is -0.466 e. The number of ether oxygens (including phenoxy) is 2. The molecular weight excluding hydrogens is 348 g/mol. The Morgan fingerprint density at radius 2 is 1.89 bits per heavy atom. The molecule has 6 nitrogen and oxygen atoms in total. The summed E-state index contributed by atoms with van der Waals surface area (Å²) in [6.45, 7) is 13.5. The number of fused-ring (bicyclic) bond motifs is 1. The predicted octanol–water partition coefficient (Wildman–Crippen LogP) is 3.98. The molecule has 2 aliphatic rings. The molecule has 0 heterocycles.